The third-order valence-corrected chi connectivity index (χ3v) is 3.41. The van der Waals surface area contributed by atoms with Crippen molar-refractivity contribution in [3.05, 3.63) is 34.7 Å². The summed E-state index contributed by atoms with van der Waals surface area (Å²) in [6.07, 6.45) is 1.20. The van der Waals surface area contributed by atoms with Crippen LogP contribution in [0.25, 0.3) is 0 Å². The van der Waals surface area contributed by atoms with Crippen LogP contribution in [0.5, 0.6) is 0 Å². The summed E-state index contributed by atoms with van der Waals surface area (Å²) < 4.78 is 1.46. The number of aryl methyl sites for hydroxylation is 1. The number of hydrogen-bond acceptors (Lipinski definition) is 4. The predicted molar refractivity (Wildman–Crippen MR) is 68.5 cm³/mol. The number of nitrogens with zero attached hydrogens (tertiary/aromatic N) is 1. The van der Waals surface area contributed by atoms with Crippen molar-refractivity contribution in [2.75, 3.05) is 0 Å². The molecule has 1 aromatic heterocycles. The second-order valence-corrected chi connectivity index (χ2v) is 4.79. The maximum atomic E-state index is 11.7. The molecule has 0 aromatic carbocycles. The van der Waals surface area contributed by atoms with Gasteiger partial charge in [-0.15, -0.1) is 0 Å². The third kappa shape index (κ3) is 3.42. The molecule has 0 spiro atoms. The highest BCUT2D eigenvalue weighted by Crippen LogP contribution is 2.19. The number of nitrogens with one attached hydrogen (secondary N) is 1. The van der Waals surface area contributed by atoms with Crippen molar-refractivity contribution in [3.8, 4) is 0 Å². The molecule has 1 heterocycles. The van der Waals surface area contributed by atoms with E-state index in [1.54, 1.807) is 18.3 Å². The van der Waals surface area contributed by atoms with Gasteiger partial charge in [-0.1, -0.05) is 6.07 Å². The summed E-state index contributed by atoms with van der Waals surface area (Å²) in [5, 5.41) is 21.7. The van der Waals surface area contributed by atoms with Crippen molar-refractivity contribution in [2.24, 2.45) is 0 Å². The molecular weight excluding hydrogens is 248 g/mol. The van der Waals surface area contributed by atoms with Crippen LogP contribution in [-0.2, 0) is 11.3 Å². The van der Waals surface area contributed by atoms with Crippen molar-refractivity contribution in [2.45, 2.75) is 44.1 Å². The maximum Gasteiger partial charge on any atom is 0.250 e. The predicted octanol–water partition coefficient (Wildman–Crippen LogP) is -0.761. The molecule has 3 N–H and O–H groups in total. The first-order chi connectivity index (χ1) is 9.08. The molecule has 0 radical (unpaired) electrons. The van der Waals surface area contributed by atoms with E-state index in [0.717, 1.165) is 0 Å². The Morgan fingerprint density at radius 3 is 2.79 bits per heavy atom. The molecule has 6 heteroatoms. The molecule has 0 bridgehead atoms. The Hall–Kier alpha value is -1.66. The van der Waals surface area contributed by atoms with Gasteiger partial charge in [-0.25, -0.2) is 0 Å². The molecule has 1 aliphatic carbocycles. The highest BCUT2D eigenvalue weighted by atomic mass is 16.3. The maximum absolute atomic E-state index is 11.7. The van der Waals surface area contributed by atoms with Crippen molar-refractivity contribution in [3.63, 3.8) is 0 Å². The standard InChI is InChI=1S/C13H18N2O4/c16-10-5-4-9(13(10)19)14-11(17)6-8-15-7-2-1-3-12(15)18/h1-3,7,9-10,13,16,19H,4-6,8H2,(H,14,17)/t9-,10-,13-/m1/s1. The highest BCUT2D eigenvalue weighted by Gasteiger charge is 2.34. The number of carbonyl (C=O) groups excluding carboxylic acids is 1. The fourth-order valence-electron chi connectivity index (χ4n) is 2.26. The first-order valence-corrected chi connectivity index (χ1v) is 6.39. The summed E-state index contributed by atoms with van der Waals surface area (Å²) in [5.41, 5.74) is -0.147. The summed E-state index contributed by atoms with van der Waals surface area (Å²) in [7, 11) is 0. The van der Waals surface area contributed by atoms with Gasteiger partial charge in [0.25, 0.3) is 5.56 Å². The summed E-state index contributed by atoms with van der Waals surface area (Å²) in [6, 6.07) is 4.43. The minimum Gasteiger partial charge on any atom is -0.390 e. The summed E-state index contributed by atoms with van der Waals surface area (Å²) >= 11 is 0. The number of hydrogen-bond donors (Lipinski definition) is 3. The van der Waals surface area contributed by atoms with Crippen LogP contribution in [0.1, 0.15) is 19.3 Å². The molecular formula is C13H18N2O4. The normalized spacial score (nSPS) is 26.3. The van der Waals surface area contributed by atoms with Gasteiger partial charge in [-0.05, 0) is 18.9 Å². The van der Waals surface area contributed by atoms with Crippen LogP contribution in [0.3, 0.4) is 0 Å². The molecule has 1 aliphatic rings. The van der Waals surface area contributed by atoms with E-state index in [4.69, 9.17) is 0 Å². The Labute approximate surface area is 110 Å². The number of aliphatic hydroxyl groups excluding tert-OH is 2. The molecule has 1 saturated carbocycles. The second kappa shape index (κ2) is 5.99. The first kappa shape index (κ1) is 13.8. The van der Waals surface area contributed by atoms with Crippen LogP contribution in [0, 0.1) is 0 Å². The van der Waals surface area contributed by atoms with E-state index in [0.29, 0.717) is 19.4 Å². The summed E-state index contributed by atoms with van der Waals surface area (Å²) in [6.45, 7) is 0.302. The quantitative estimate of drug-likeness (QED) is 0.668. The van der Waals surface area contributed by atoms with E-state index in [-0.39, 0.29) is 17.9 Å². The zero-order chi connectivity index (χ0) is 13.8. The van der Waals surface area contributed by atoms with Gasteiger partial charge in [-0.2, -0.15) is 0 Å². The van der Waals surface area contributed by atoms with Gasteiger partial charge < -0.3 is 20.1 Å². The molecule has 1 amide bonds. The molecule has 0 unspecified atom stereocenters. The van der Waals surface area contributed by atoms with Crippen LogP contribution in [0.2, 0.25) is 0 Å². The van der Waals surface area contributed by atoms with E-state index in [2.05, 4.69) is 5.32 Å². The summed E-state index contributed by atoms with van der Waals surface area (Å²) in [5.74, 6) is -0.228. The topological polar surface area (TPSA) is 91.6 Å². The van der Waals surface area contributed by atoms with E-state index in [1.807, 2.05) is 0 Å². The van der Waals surface area contributed by atoms with Gasteiger partial charge in [0.15, 0.2) is 0 Å². The monoisotopic (exact) mass is 266 g/mol. The third-order valence-electron chi connectivity index (χ3n) is 3.41. The van der Waals surface area contributed by atoms with Gasteiger partial charge in [0.05, 0.1) is 18.2 Å². The fraction of sp³-hybridized carbons (Fsp3) is 0.538. The molecule has 1 fully saturated rings. The van der Waals surface area contributed by atoms with Crippen LogP contribution in [0.4, 0.5) is 0 Å². The zero-order valence-corrected chi connectivity index (χ0v) is 10.5. The number of carbonyl (C=O) groups is 1. The Morgan fingerprint density at radius 1 is 1.37 bits per heavy atom. The summed E-state index contributed by atoms with van der Waals surface area (Å²) in [4.78, 5) is 23.1. The van der Waals surface area contributed by atoms with Crippen molar-refractivity contribution >= 4 is 5.91 Å². The molecule has 2 rings (SSSR count). The highest BCUT2D eigenvalue weighted by molar-refractivity contribution is 5.76. The fourth-order valence-corrected chi connectivity index (χ4v) is 2.26. The van der Waals surface area contributed by atoms with Crippen LogP contribution in [0.15, 0.2) is 29.2 Å². The van der Waals surface area contributed by atoms with Gasteiger partial charge in [0.1, 0.15) is 0 Å². The second-order valence-electron chi connectivity index (χ2n) is 4.79. The molecule has 6 nitrogen and oxygen atoms in total. The average Bonchev–Trinajstić information content (AvgIpc) is 2.70. The zero-order valence-electron chi connectivity index (χ0n) is 10.5. The Morgan fingerprint density at radius 2 is 2.16 bits per heavy atom. The van der Waals surface area contributed by atoms with Gasteiger partial charge in [-0.3, -0.25) is 9.59 Å². The van der Waals surface area contributed by atoms with E-state index in [1.165, 1.54) is 10.6 Å². The Kier molecular flexibility index (Phi) is 4.34. The molecule has 104 valence electrons. The van der Waals surface area contributed by atoms with Crippen LogP contribution in [-0.4, -0.2) is 38.9 Å². The molecule has 3 atom stereocenters. The number of aromatic nitrogens is 1. The SMILES string of the molecule is O=C(CCn1ccccc1=O)N[C@@H]1CC[C@@H](O)[C@@H]1O. The number of rotatable bonds is 4. The largest absolute Gasteiger partial charge is 0.390 e. The minimum atomic E-state index is -0.900. The lowest BCUT2D eigenvalue weighted by molar-refractivity contribution is -0.122. The van der Waals surface area contributed by atoms with E-state index >= 15 is 0 Å². The van der Waals surface area contributed by atoms with E-state index in [9.17, 15) is 19.8 Å². The van der Waals surface area contributed by atoms with Gasteiger partial charge in [0.2, 0.25) is 5.91 Å². The lowest BCUT2D eigenvalue weighted by Gasteiger charge is -2.18. The smallest absolute Gasteiger partial charge is 0.250 e. The Balaban J connectivity index is 1.82. The van der Waals surface area contributed by atoms with Crippen LogP contribution < -0.4 is 10.9 Å². The minimum absolute atomic E-state index is 0.147. The van der Waals surface area contributed by atoms with Gasteiger partial charge in [0, 0.05) is 25.2 Å². The molecule has 1 aromatic rings. The van der Waals surface area contributed by atoms with E-state index < -0.39 is 18.2 Å². The first-order valence-electron chi connectivity index (χ1n) is 6.39. The number of aliphatic hydroxyl groups is 2. The number of amides is 1. The molecule has 0 aliphatic heterocycles. The van der Waals surface area contributed by atoms with Crippen molar-refractivity contribution in [1.29, 1.82) is 0 Å². The Bertz CT molecular complexity index is 499. The van der Waals surface area contributed by atoms with Crippen molar-refractivity contribution < 1.29 is 15.0 Å². The average molecular weight is 266 g/mol. The lowest BCUT2D eigenvalue weighted by Crippen LogP contribution is -2.43. The lowest BCUT2D eigenvalue weighted by atomic mass is 10.2. The van der Waals surface area contributed by atoms with Crippen molar-refractivity contribution in [1.82, 2.24) is 9.88 Å². The number of pyridine rings is 1. The van der Waals surface area contributed by atoms with Gasteiger partial charge >= 0.3 is 0 Å². The molecule has 0 saturated heterocycles. The molecule has 19 heavy (non-hydrogen) atoms. The van der Waals surface area contributed by atoms with Crippen LogP contribution >= 0.6 is 0 Å².